The minimum atomic E-state index is -0.251. The zero-order valence-corrected chi connectivity index (χ0v) is 15.5. The van der Waals surface area contributed by atoms with Gasteiger partial charge < -0.3 is 18.9 Å². The SMILES string of the molecule is COc1cc2nc(Cc3nc4cc(C)c(C)cc4o3)[nH]c(=O)c2cc1OC. The van der Waals surface area contributed by atoms with Gasteiger partial charge in [-0.1, -0.05) is 0 Å². The molecule has 0 fully saturated rings. The molecule has 0 aliphatic heterocycles. The smallest absolute Gasteiger partial charge is 0.258 e. The second-order valence-corrected chi connectivity index (χ2v) is 6.43. The summed E-state index contributed by atoms with van der Waals surface area (Å²) in [7, 11) is 3.07. The quantitative estimate of drug-likeness (QED) is 0.597. The van der Waals surface area contributed by atoms with Crippen molar-refractivity contribution >= 4 is 22.0 Å². The molecule has 138 valence electrons. The van der Waals surface area contributed by atoms with Gasteiger partial charge in [-0.15, -0.1) is 0 Å². The van der Waals surface area contributed by atoms with Crippen molar-refractivity contribution < 1.29 is 13.9 Å². The topological polar surface area (TPSA) is 90.2 Å². The van der Waals surface area contributed by atoms with E-state index in [2.05, 4.69) is 15.0 Å². The van der Waals surface area contributed by atoms with Crippen molar-refractivity contribution in [3.05, 3.63) is 57.5 Å². The number of aromatic amines is 1. The first-order valence-electron chi connectivity index (χ1n) is 8.50. The van der Waals surface area contributed by atoms with E-state index in [0.717, 1.165) is 22.2 Å². The van der Waals surface area contributed by atoms with Crippen LogP contribution in [0.4, 0.5) is 0 Å². The number of aryl methyl sites for hydroxylation is 2. The van der Waals surface area contributed by atoms with Gasteiger partial charge in [0, 0.05) is 6.07 Å². The molecular formula is C20H19N3O4. The third kappa shape index (κ3) is 3.01. The fourth-order valence-corrected chi connectivity index (χ4v) is 3.04. The van der Waals surface area contributed by atoms with Crippen LogP contribution >= 0.6 is 0 Å². The van der Waals surface area contributed by atoms with E-state index in [1.165, 1.54) is 7.11 Å². The molecule has 4 rings (SSSR count). The number of H-pyrrole nitrogens is 1. The average Bonchev–Trinajstić information content (AvgIpc) is 3.01. The third-order valence-corrected chi connectivity index (χ3v) is 4.63. The number of ether oxygens (including phenoxy) is 2. The number of rotatable bonds is 4. The van der Waals surface area contributed by atoms with Crippen molar-refractivity contribution in [2.75, 3.05) is 14.2 Å². The van der Waals surface area contributed by atoms with Crippen LogP contribution in [0.5, 0.6) is 11.5 Å². The maximum absolute atomic E-state index is 12.5. The molecule has 2 heterocycles. The van der Waals surface area contributed by atoms with Crippen molar-refractivity contribution in [1.29, 1.82) is 0 Å². The molecule has 0 saturated heterocycles. The molecule has 2 aromatic heterocycles. The first kappa shape index (κ1) is 17.1. The van der Waals surface area contributed by atoms with Gasteiger partial charge in [-0.2, -0.15) is 0 Å². The Bertz CT molecular complexity index is 1180. The maximum atomic E-state index is 12.5. The van der Waals surface area contributed by atoms with Crippen LogP contribution in [0.25, 0.3) is 22.0 Å². The summed E-state index contributed by atoms with van der Waals surface area (Å²) in [6.45, 7) is 4.06. The molecule has 0 aliphatic rings. The summed E-state index contributed by atoms with van der Waals surface area (Å²) in [4.78, 5) is 24.3. The Morgan fingerprint density at radius 3 is 2.41 bits per heavy atom. The molecule has 0 saturated carbocycles. The molecule has 0 spiro atoms. The molecule has 0 amide bonds. The van der Waals surface area contributed by atoms with Gasteiger partial charge in [0.05, 0.1) is 31.5 Å². The van der Waals surface area contributed by atoms with E-state index in [1.54, 1.807) is 19.2 Å². The minimum Gasteiger partial charge on any atom is -0.493 e. The van der Waals surface area contributed by atoms with E-state index in [9.17, 15) is 4.79 Å². The summed E-state index contributed by atoms with van der Waals surface area (Å²) in [6.07, 6.45) is 0.284. The van der Waals surface area contributed by atoms with E-state index in [1.807, 2.05) is 26.0 Å². The van der Waals surface area contributed by atoms with Crippen LogP contribution in [-0.4, -0.2) is 29.2 Å². The van der Waals surface area contributed by atoms with Crippen molar-refractivity contribution in [2.45, 2.75) is 20.3 Å². The fraction of sp³-hybridized carbons (Fsp3) is 0.250. The third-order valence-electron chi connectivity index (χ3n) is 4.63. The molecule has 0 bridgehead atoms. The van der Waals surface area contributed by atoms with Crippen molar-refractivity contribution in [2.24, 2.45) is 0 Å². The van der Waals surface area contributed by atoms with Gasteiger partial charge in [-0.3, -0.25) is 4.79 Å². The van der Waals surface area contributed by atoms with Crippen molar-refractivity contribution in [1.82, 2.24) is 15.0 Å². The molecule has 0 atom stereocenters. The molecule has 0 unspecified atom stereocenters. The van der Waals surface area contributed by atoms with Gasteiger partial charge >= 0.3 is 0 Å². The molecule has 7 heteroatoms. The van der Waals surface area contributed by atoms with E-state index in [-0.39, 0.29) is 12.0 Å². The number of methoxy groups -OCH3 is 2. The predicted octanol–water partition coefficient (Wildman–Crippen LogP) is 3.29. The number of fused-ring (bicyclic) bond motifs is 2. The van der Waals surface area contributed by atoms with Crippen LogP contribution in [-0.2, 0) is 6.42 Å². The predicted molar refractivity (Wildman–Crippen MR) is 102 cm³/mol. The lowest BCUT2D eigenvalue weighted by molar-refractivity contribution is 0.355. The fourth-order valence-electron chi connectivity index (χ4n) is 3.04. The Labute approximate surface area is 155 Å². The average molecular weight is 365 g/mol. The summed E-state index contributed by atoms with van der Waals surface area (Å²) in [5.41, 5.74) is 4.09. The largest absolute Gasteiger partial charge is 0.493 e. The highest BCUT2D eigenvalue weighted by atomic mass is 16.5. The molecule has 7 nitrogen and oxygen atoms in total. The normalized spacial score (nSPS) is 11.3. The standard InChI is InChI=1S/C20H19N3O4/c1-10-5-14-15(6-11(10)2)27-19(22-14)9-18-21-13-8-17(26-4)16(25-3)7-12(13)20(24)23-18/h5-8H,9H2,1-4H3,(H,21,23,24). The van der Waals surface area contributed by atoms with Crippen LogP contribution in [0.3, 0.4) is 0 Å². The molecule has 0 aliphatic carbocycles. The van der Waals surface area contributed by atoms with E-state index >= 15 is 0 Å². The van der Waals surface area contributed by atoms with Crippen LogP contribution in [0.1, 0.15) is 22.8 Å². The Kier molecular flexibility index (Phi) is 4.07. The minimum absolute atomic E-state index is 0.251. The number of hydrogen-bond acceptors (Lipinski definition) is 6. The first-order valence-corrected chi connectivity index (χ1v) is 8.50. The van der Waals surface area contributed by atoms with Crippen LogP contribution in [0, 0.1) is 13.8 Å². The van der Waals surface area contributed by atoms with Gasteiger partial charge in [0.2, 0.25) is 5.89 Å². The lowest BCUT2D eigenvalue weighted by atomic mass is 10.1. The molecule has 1 N–H and O–H groups in total. The number of nitrogens with zero attached hydrogens (tertiary/aromatic N) is 2. The lowest BCUT2D eigenvalue weighted by Crippen LogP contribution is -2.12. The zero-order valence-electron chi connectivity index (χ0n) is 15.5. The van der Waals surface area contributed by atoms with Gasteiger partial charge in [-0.05, 0) is 43.2 Å². The summed E-state index contributed by atoms with van der Waals surface area (Å²) in [5, 5.41) is 0.431. The van der Waals surface area contributed by atoms with Crippen molar-refractivity contribution in [3.8, 4) is 11.5 Å². The van der Waals surface area contributed by atoms with E-state index in [4.69, 9.17) is 13.9 Å². The Morgan fingerprint density at radius 2 is 1.67 bits per heavy atom. The molecule has 27 heavy (non-hydrogen) atoms. The van der Waals surface area contributed by atoms with E-state index < -0.39 is 0 Å². The van der Waals surface area contributed by atoms with Crippen LogP contribution in [0.15, 0.2) is 33.5 Å². The number of benzene rings is 2. The van der Waals surface area contributed by atoms with Gasteiger partial charge in [-0.25, -0.2) is 9.97 Å². The highest BCUT2D eigenvalue weighted by Crippen LogP contribution is 2.30. The summed E-state index contributed by atoms with van der Waals surface area (Å²) >= 11 is 0. The first-order chi connectivity index (χ1) is 13.0. The second-order valence-electron chi connectivity index (χ2n) is 6.43. The molecular weight excluding hydrogens is 346 g/mol. The van der Waals surface area contributed by atoms with Crippen LogP contribution in [0.2, 0.25) is 0 Å². The van der Waals surface area contributed by atoms with Crippen molar-refractivity contribution in [3.63, 3.8) is 0 Å². The second kappa shape index (κ2) is 6.42. The lowest BCUT2D eigenvalue weighted by Gasteiger charge is -2.09. The van der Waals surface area contributed by atoms with Crippen LogP contribution < -0.4 is 15.0 Å². The highest BCUT2D eigenvalue weighted by Gasteiger charge is 2.14. The molecule has 0 radical (unpaired) electrons. The monoisotopic (exact) mass is 365 g/mol. The van der Waals surface area contributed by atoms with Gasteiger partial charge in [0.15, 0.2) is 17.1 Å². The molecule has 4 aromatic rings. The number of hydrogen-bond donors (Lipinski definition) is 1. The van der Waals surface area contributed by atoms with Gasteiger partial charge in [0.1, 0.15) is 11.3 Å². The number of aromatic nitrogens is 3. The zero-order chi connectivity index (χ0) is 19.1. The Hall–Kier alpha value is -3.35. The molecule has 2 aromatic carbocycles. The highest BCUT2D eigenvalue weighted by molar-refractivity contribution is 5.82. The summed E-state index contributed by atoms with van der Waals surface area (Å²) in [5.74, 6) is 1.97. The van der Waals surface area contributed by atoms with Gasteiger partial charge in [0.25, 0.3) is 5.56 Å². The Balaban J connectivity index is 1.77. The summed E-state index contributed by atoms with van der Waals surface area (Å²) < 4.78 is 16.4. The number of nitrogens with one attached hydrogen (secondary N) is 1. The Morgan fingerprint density at radius 1 is 0.963 bits per heavy atom. The van der Waals surface area contributed by atoms with E-state index in [0.29, 0.717) is 34.1 Å². The number of oxazole rings is 1. The maximum Gasteiger partial charge on any atom is 0.258 e. The summed E-state index contributed by atoms with van der Waals surface area (Å²) in [6, 6.07) is 7.26.